The van der Waals surface area contributed by atoms with Crippen molar-refractivity contribution in [3.63, 3.8) is 0 Å². The van der Waals surface area contributed by atoms with Gasteiger partial charge < -0.3 is 11.1 Å². The predicted molar refractivity (Wildman–Crippen MR) is 77.4 cm³/mol. The van der Waals surface area contributed by atoms with E-state index in [1.165, 1.54) is 0 Å². The van der Waals surface area contributed by atoms with E-state index in [0.717, 1.165) is 12.0 Å². The van der Waals surface area contributed by atoms with Crippen LogP contribution >= 0.6 is 0 Å². The average molecular weight is 263 g/mol. The van der Waals surface area contributed by atoms with Gasteiger partial charge in [-0.05, 0) is 49.4 Å². The molecule has 1 aromatic heterocycles. The van der Waals surface area contributed by atoms with Gasteiger partial charge in [0, 0.05) is 18.8 Å². The van der Waals surface area contributed by atoms with Crippen LogP contribution in [0.1, 0.15) is 45.2 Å². The lowest BCUT2D eigenvalue weighted by Crippen LogP contribution is -2.30. The normalized spacial score (nSPS) is 14.2. The summed E-state index contributed by atoms with van der Waals surface area (Å²) in [5.74, 6) is 0.907. The molecule has 0 saturated heterocycles. The van der Waals surface area contributed by atoms with Crippen LogP contribution in [0.3, 0.4) is 0 Å². The monoisotopic (exact) mass is 263 g/mol. The molecule has 0 aromatic carbocycles. The van der Waals surface area contributed by atoms with Gasteiger partial charge in [0.25, 0.3) is 0 Å². The van der Waals surface area contributed by atoms with Crippen LogP contribution in [-0.4, -0.2) is 17.4 Å². The molecule has 1 rings (SSSR count). The van der Waals surface area contributed by atoms with Crippen molar-refractivity contribution in [2.45, 2.75) is 39.7 Å². The van der Waals surface area contributed by atoms with Crippen molar-refractivity contribution in [1.82, 2.24) is 10.3 Å². The maximum atomic E-state index is 12.0. The van der Waals surface area contributed by atoms with Gasteiger partial charge in [-0.1, -0.05) is 13.8 Å². The minimum Gasteiger partial charge on any atom is -0.350 e. The Labute approximate surface area is 115 Å². The lowest BCUT2D eigenvalue weighted by Gasteiger charge is -2.19. The van der Waals surface area contributed by atoms with Crippen LogP contribution < -0.4 is 11.1 Å². The molecule has 1 unspecified atom stereocenters. The molecule has 1 heterocycles. The van der Waals surface area contributed by atoms with E-state index in [0.29, 0.717) is 18.9 Å². The van der Waals surface area contributed by atoms with Crippen molar-refractivity contribution < 1.29 is 4.79 Å². The number of pyridine rings is 1. The van der Waals surface area contributed by atoms with Gasteiger partial charge in [-0.3, -0.25) is 9.78 Å². The quantitative estimate of drug-likeness (QED) is 0.793. The smallest absolute Gasteiger partial charge is 0.220 e. The van der Waals surface area contributed by atoms with Gasteiger partial charge in [0.1, 0.15) is 0 Å². The fraction of sp³-hybridized carbons (Fsp3) is 0.600. The Morgan fingerprint density at radius 1 is 1.32 bits per heavy atom. The first-order valence-corrected chi connectivity index (χ1v) is 6.92. The number of nitrogens with two attached hydrogens (primary N) is 1. The van der Waals surface area contributed by atoms with E-state index >= 15 is 0 Å². The molecule has 3 N–H and O–H groups in total. The van der Waals surface area contributed by atoms with Crippen LogP contribution in [-0.2, 0) is 4.79 Å². The highest BCUT2D eigenvalue weighted by atomic mass is 16.1. The van der Waals surface area contributed by atoms with Crippen LogP contribution in [0, 0.1) is 11.8 Å². The zero-order valence-electron chi connectivity index (χ0n) is 12.1. The van der Waals surface area contributed by atoms with Gasteiger partial charge in [0.15, 0.2) is 0 Å². The first kappa shape index (κ1) is 15.6. The largest absolute Gasteiger partial charge is 0.350 e. The van der Waals surface area contributed by atoms with E-state index in [4.69, 9.17) is 5.73 Å². The number of carbonyl (C=O) groups excluding carboxylic acids is 1. The molecule has 4 nitrogen and oxygen atoms in total. The molecule has 1 amide bonds. The predicted octanol–water partition coefficient (Wildman–Crippen LogP) is 2.27. The van der Waals surface area contributed by atoms with E-state index in [2.05, 4.69) is 24.1 Å². The third-order valence-corrected chi connectivity index (χ3v) is 3.20. The summed E-state index contributed by atoms with van der Waals surface area (Å²) in [7, 11) is 0. The first-order chi connectivity index (χ1) is 9.02. The third kappa shape index (κ3) is 5.83. The van der Waals surface area contributed by atoms with Gasteiger partial charge in [-0.25, -0.2) is 0 Å². The minimum atomic E-state index is 0.00738. The Bertz CT molecular complexity index is 378. The van der Waals surface area contributed by atoms with E-state index in [1.54, 1.807) is 12.4 Å². The summed E-state index contributed by atoms with van der Waals surface area (Å²) in [5, 5.41) is 3.01. The Morgan fingerprint density at radius 3 is 2.47 bits per heavy atom. The van der Waals surface area contributed by atoms with Gasteiger partial charge in [0.2, 0.25) is 5.91 Å². The maximum Gasteiger partial charge on any atom is 0.220 e. The number of nitrogens with one attached hydrogen (secondary N) is 1. The number of hydrogen-bond donors (Lipinski definition) is 2. The zero-order chi connectivity index (χ0) is 14.3. The van der Waals surface area contributed by atoms with E-state index in [9.17, 15) is 4.79 Å². The SMILES string of the molecule is CC(C)CC(CN)CC(=O)N[C@H](C)c1ccncc1. The van der Waals surface area contributed by atoms with Crippen LogP contribution in [0.25, 0.3) is 0 Å². The van der Waals surface area contributed by atoms with Gasteiger partial charge in [-0.15, -0.1) is 0 Å². The molecule has 0 aliphatic carbocycles. The molecule has 2 atom stereocenters. The maximum absolute atomic E-state index is 12.0. The van der Waals surface area contributed by atoms with Crippen LogP contribution in [0.2, 0.25) is 0 Å². The van der Waals surface area contributed by atoms with Crippen molar-refractivity contribution in [2.24, 2.45) is 17.6 Å². The number of rotatable bonds is 7. The standard InChI is InChI=1S/C15H25N3O/c1-11(2)8-13(10-16)9-15(19)18-12(3)14-4-6-17-7-5-14/h4-7,11-13H,8-10,16H2,1-3H3,(H,18,19)/t12-,13?/m1/s1. The topological polar surface area (TPSA) is 68.0 Å². The molecular formula is C15H25N3O. The fourth-order valence-electron chi connectivity index (χ4n) is 2.23. The molecule has 4 heteroatoms. The molecule has 0 radical (unpaired) electrons. The number of aromatic nitrogens is 1. The second-order valence-corrected chi connectivity index (χ2v) is 5.51. The zero-order valence-corrected chi connectivity index (χ0v) is 12.1. The molecular weight excluding hydrogens is 238 g/mol. The van der Waals surface area contributed by atoms with E-state index in [1.807, 2.05) is 19.1 Å². The number of carbonyl (C=O) groups is 1. The summed E-state index contributed by atoms with van der Waals surface area (Å²) in [6.07, 6.45) is 4.97. The van der Waals surface area contributed by atoms with Gasteiger partial charge >= 0.3 is 0 Å². The second-order valence-electron chi connectivity index (χ2n) is 5.51. The molecule has 0 aliphatic heterocycles. The molecule has 0 saturated carbocycles. The summed E-state index contributed by atoms with van der Waals surface area (Å²) in [4.78, 5) is 16.0. The molecule has 1 aromatic rings. The van der Waals surface area contributed by atoms with Crippen LogP contribution in [0.4, 0.5) is 0 Å². The first-order valence-electron chi connectivity index (χ1n) is 6.92. The fourth-order valence-corrected chi connectivity index (χ4v) is 2.23. The second kappa shape index (κ2) is 7.89. The van der Waals surface area contributed by atoms with Crippen molar-refractivity contribution in [2.75, 3.05) is 6.54 Å². The molecule has 0 aliphatic rings. The third-order valence-electron chi connectivity index (χ3n) is 3.20. The number of nitrogens with zero attached hydrogens (tertiary/aromatic N) is 1. The minimum absolute atomic E-state index is 0.00738. The lowest BCUT2D eigenvalue weighted by molar-refractivity contribution is -0.122. The summed E-state index contributed by atoms with van der Waals surface area (Å²) in [6, 6.07) is 3.84. The van der Waals surface area contributed by atoms with E-state index < -0.39 is 0 Å². The van der Waals surface area contributed by atoms with Crippen LogP contribution in [0.5, 0.6) is 0 Å². The molecule has 0 bridgehead atoms. The Hall–Kier alpha value is -1.42. The molecule has 106 valence electrons. The van der Waals surface area contributed by atoms with Crippen molar-refractivity contribution in [3.8, 4) is 0 Å². The summed E-state index contributed by atoms with van der Waals surface area (Å²) >= 11 is 0. The van der Waals surface area contributed by atoms with Crippen LogP contribution in [0.15, 0.2) is 24.5 Å². The Morgan fingerprint density at radius 2 is 1.95 bits per heavy atom. The number of amides is 1. The lowest BCUT2D eigenvalue weighted by atomic mass is 9.94. The Balaban J connectivity index is 2.46. The van der Waals surface area contributed by atoms with E-state index in [-0.39, 0.29) is 17.9 Å². The highest BCUT2D eigenvalue weighted by molar-refractivity contribution is 5.76. The molecule has 0 fully saturated rings. The summed E-state index contributed by atoms with van der Waals surface area (Å²) < 4.78 is 0. The highest BCUT2D eigenvalue weighted by Gasteiger charge is 2.16. The molecule has 0 spiro atoms. The average Bonchev–Trinajstić information content (AvgIpc) is 2.38. The summed E-state index contributed by atoms with van der Waals surface area (Å²) in [6.45, 7) is 6.85. The van der Waals surface area contributed by atoms with Crippen molar-refractivity contribution in [1.29, 1.82) is 0 Å². The summed E-state index contributed by atoms with van der Waals surface area (Å²) in [5.41, 5.74) is 6.79. The van der Waals surface area contributed by atoms with Gasteiger partial charge in [0.05, 0.1) is 6.04 Å². The molecule has 19 heavy (non-hydrogen) atoms. The highest BCUT2D eigenvalue weighted by Crippen LogP contribution is 2.16. The van der Waals surface area contributed by atoms with Crippen molar-refractivity contribution >= 4 is 5.91 Å². The number of hydrogen-bond acceptors (Lipinski definition) is 3. The van der Waals surface area contributed by atoms with Gasteiger partial charge in [-0.2, -0.15) is 0 Å². The Kier molecular flexibility index (Phi) is 6.50. The van der Waals surface area contributed by atoms with Crippen molar-refractivity contribution in [3.05, 3.63) is 30.1 Å².